The van der Waals surface area contributed by atoms with E-state index in [2.05, 4.69) is 19.5 Å². The zero-order valence-corrected chi connectivity index (χ0v) is 9.35. The van der Waals surface area contributed by atoms with Gasteiger partial charge in [-0.1, -0.05) is 12.8 Å². The number of hydrogen-bond acceptors (Lipinski definition) is 4. The number of nitrogens with two attached hydrogens (primary N) is 1. The number of aryl methyl sites for hydroxylation is 1. The number of hydrogen-bond donors (Lipinski definition) is 1. The standard InChI is InChI=1S/C11H15N5/c1-7-14-9-6-13-11(12)15-10(9)16(7)8-4-2-3-5-8/h6,8H,2-5H2,1H3,(H2,12,13,15). The highest BCUT2D eigenvalue weighted by atomic mass is 15.2. The van der Waals surface area contributed by atoms with Crippen molar-refractivity contribution in [2.24, 2.45) is 0 Å². The number of anilines is 1. The van der Waals surface area contributed by atoms with E-state index in [1.54, 1.807) is 6.20 Å². The van der Waals surface area contributed by atoms with Gasteiger partial charge in [-0.25, -0.2) is 9.97 Å². The number of aromatic nitrogens is 4. The lowest BCUT2D eigenvalue weighted by molar-refractivity contribution is 0.517. The quantitative estimate of drug-likeness (QED) is 0.791. The molecule has 2 aromatic rings. The van der Waals surface area contributed by atoms with Gasteiger partial charge in [0.2, 0.25) is 5.95 Å². The lowest BCUT2D eigenvalue weighted by Crippen LogP contribution is -2.08. The van der Waals surface area contributed by atoms with Gasteiger partial charge in [0.05, 0.1) is 6.20 Å². The molecule has 0 aromatic carbocycles. The molecule has 1 aliphatic rings. The summed E-state index contributed by atoms with van der Waals surface area (Å²) >= 11 is 0. The van der Waals surface area contributed by atoms with E-state index in [0.717, 1.165) is 17.0 Å². The van der Waals surface area contributed by atoms with Crippen LogP contribution in [0, 0.1) is 6.92 Å². The van der Waals surface area contributed by atoms with Gasteiger partial charge < -0.3 is 10.3 Å². The molecule has 0 amide bonds. The Morgan fingerprint density at radius 3 is 2.81 bits per heavy atom. The number of fused-ring (bicyclic) bond motifs is 1. The summed E-state index contributed by atoms with van der Waals surface area (Å²) in [6.45, 7) is 2.02. The highest BCUT2D eigenvalue weighted by Crippen LogP contribution is 2.32. The second-order valence-electron chi connectivity index (χ2n) is 4.40. The molecule has 1 saturated carbocycles. The number of rotatable bonds is 1. The molecule has 5 heteroatoms. The summed E-state index contributed by atoms with van der Waals surface area (Å²) in [7, 11) is 0. The Labute approximate surface area is 93.7 Å². The van der Waals surface area contributed by atoms with Crippen LogP contribution in [0.15, 0.2) is 6.20 Å². The van der Waals surface area contributed by atoms with Crippen LogP contribution < -0.4 is 5.73 Å². The maximum atomic E-state index is 5.64. The van der Waals surface area contributed by atoms with E-state index in [0.29, 0.717) is 12.0 Å². The second-order valence-corrected chi connectivity index (χ2v) is 4.40. The highest BCUT2D eigenvalue weighted by molar-refractivity contribution is 5.71. The van der Waals surface area contributed by atoms with Crippen LogP contribution in [-0.2, 0) is 0 Å². The maximum Gasteiger partial charge on any atom is 0.222 e. The first kappa shape index (κ1) is 9.57. The summed E-state index contributed by atoms with van der Waals surface area (Å²) in [5.74, 6) is 1.34. The Balaban J connectivity index is 2.20. The number of imidazole rings is 1. The van der Waals surface area contributed by atoms with Gasteiger partial charge in [-0.3, -0.25) is 0 Å². The second kappa shape index (κ2) is 3.43. The van der Waals surface area contributed by atoms with E-state index in [-0.39, 0.29) is 0 Å². The summed E-state index contributed by atoms with van der Waals surface area (Å²) in [5.41, 5.74) is 7.37. The summed E-state index contributed by atoms with van der Waals surface area (Å²) < 4.78 is 2.22. The Morgan fingerprint density at radius 2 is 2.06 bits per heavy atom. The van der Waals surface area contributed by atoms with Crippen molar-refractivity contribution in [2.45, 2.75) is 38.6 Å². The average molecular weight is 217 g/mol. The van der Waals surface area contributed by atoms with Crippen LogP contribution >= 0.6 is 0 Å². The molecule has 0 unspecified atom stereocenters. The molecule has 16 heavy (non-hydrogen) atoms. The minimum absolute atomic E-state index is 0.326. The molecule has 1 aliphatic carbocycles. The predicted molar refractivity (Wildman–Crippen MR) is 62.0 cm³/mol. The van der Waals surface area contributed by atoms with Crippen molar-refractivity contribution in [1.82, 2.24) is 19.5 Å². The third-order valence-corrected chi connectivity index (χ3v) is 3.32. The molecule has 0 saturated heterocycles. The van der Waals surface area contributed by atoms with Gasteiger partial charge in [0, 0.05) is 6.04 Å². The fourth-order valence-electron chi connectivity index (χ4n) is 2.62. The molecule has 84 valence electrons. The van der Waals surface area contributed by atoms with Crippen molar-refractivity contribution in [3.63, 3.8) is 0 Å². The van der Waals surface area contributed by atoms with Crippen LogP contribution in [0.4, 0.5) is 5.95 Å². The molecule has 0 atom stereocenters. The monoisotopic (exact) mass is 217 g/mol. The van der Waals surface area contributed by atoms with Gasteiger partial charge in [-0.2, -0.15) is 4.98 Å². The molecular formula is C11H15N5. The molecule has 1 fully saturated rings. The van der Waals surface area contributed by atoms with Crippen molar-refractivity contribution in [2.75, 3.05) is 5.73 Å². The Kier molecular flexibility index (Phi) is 2.05. The van der Waals surface area contributed by atoms with Crippen LogP contribution in [0.2, 0.25) is 0 Å². The first-order chi connectivity index (χ1) is 7.75. The van der Waals surface area contributed by atoms with Crippen molar-refractivity contribution in [3.05, 3.63) is 12.0 Å². The van der Waals surface area contributed by atoms with Gasteiger partial charge in [0.15, 0.2) is 5.65 Å². The molecule has 0 radical (unpaired) electrons. The molecule has 3 rings (SSSR count). The Hall–Kier alpha value is -1.65. The summed E-state index contributed by atoms with van der Waals surface area (Å²) in [4.78, 5) is 12.8. The van der Waals surface area contributed by atoms with Gasteiger partial charge in [-0.15, -0.1) is 0 Å². The van der Waals surface area contributed by atoms with E-state index in [1.165, 1.54) is 25.7 Å². The Bertz CT molecular complexity index is 524. The maximum absolute atomic E-state index is 5.64. The largest absolute Gasteiger partial charge is 0.368 e. The van der Waals surface area contributed by atoms with Gasteiger partial charge >= 0.3 is 0 Å². The minimum atomic E-state index is 0.326. The van der Waals surface area contributed by atoms with Crippen molar-refractivity contribution < 1.29 is 0 Å². The highest BCUT2D eigenvalue weighted by Gasteiger charge is 2.21. The molecular weight excluding hydrogens is 202 g/mol. The van der Waals surface area contributed by atoms with E-state index in [1.807, 2.05) is 6.92 Å². The number of nitrogens with zero attached hydrogens (tertiary/aromatic N) is 4. The van der Waals surface area contributed by atoms with Crippen LogP contribution in [0.1, 0.15) is 37.5 Å². The van der Waals surface area contributed by atoms with Gasteiger partial charge in [0.25, 0.3) is 0 Å². The normalized spacial score (nSPS) is 17.3. The van der Waals surface area contributed by atoms with E-state index < -0.39 is 0 Å². The molecule has 2 N–H and O–H groups in total. The van der Waals surface area contributed by atoms with Crippen molar-refractivity contribution in [3.8, 4) is 0 Å². The van der Waals surface area contributed by atoms with Crippen LogP contribution in [-0.4, -0.2) is 19.5 Å². The van der Waals surface area contributed by atoms with Crippen LogP contribution in [0.3, 0.4) is 0 Å². The lowest BCUT2D eigenvalue weighted by atomic mass is 10.2. The average Bonchev–Trinajstić information content (AvgIpc) is 2.83. The fourth-order valence-corrected chi connectivity index (χ4v) is 2.62. The molecule has 0 spiro atoms. The van der Waals surface area contributed by atoms with E-state index in [4.69, 9.17) is 5.73 Å². The molecule has 0 bridgehead atoms. The summed E-state index contributed by atoms with van der Waals surface area (Å²) in [5, 5.41) is 0. The van der Waals surface area contributed by atoms with E-state index in [9.17, 15) is 0 Å². The topological polar surface area (TPSA) is 69.6 Å². The van der Waals surface area contributed by atoms with Crippen molar-refractivity contribution >= 4 is 17.1 Å². The SMILES string of the molecule is Cc1nc2cnc(N)nc2n1C1CCCC1. The Morgan fingerprint density at radius 1 is 1.31 bits per heavy atom. The van der Waals surface area contributed by atoms with Crippen LogP contribution in [0.5, 0.6) is 0 Å². The molecule has 0 aliphatic heterocycles. The molecule has 2 heterocycles. The zero-order chi connectivity index (χ0) is 11.1. The van der Waals surface area contributed by atoms with Crippen molar-refractivity contribution in [1.29, 1.82) is 0 Å². The zero-order valence-electron chi connectivity index (χ0n) is 9.35. The smallest absolute Gasteiger partial charge is 0.222 e. The fraction of sp³-hybridized carbons (Fsp3) is 0.545. The lowest BCUT2D eigenvalue weighted by Gasteiger charge is -2.13. The minimum Gasteiger partial charge on any atom is -0.368 e. The first-order valence-electron chi connectivity index (χ1n) is 5.73. The summed E-state index contributed by atoms with van der Waals surface area (Å²) in [6.07, 6.45) is 6.73. The predicted octanol–water partition coefficient (Wildman–Crippen LogP) is 1.83. The number of nitrogen functional groups attached to an aromatic ring is 1. The molecule has 5 nitrogen and oxygen atoms in total. The third-order valence-electron chi connectivity index (χ3n) is 3.32. The van der Waals surface area contributed by atoms with Crippen LogP contribution in [0.25, 0.3) is 11.2 Å². The first-order valence-corrected chi connectivity index (χ1v) is 5.73. The van der Waals surface area contributed by atoms with E-state index >= 15 is 0 Å². The van der Waals surface area contributed by atoms with Gasteiger partial charge in [0.1, 0.15) is 11.3 Å². The van der Waals surface area contributed by atoms with Gasteiger partial charge in [-0.05, 0) is 19.8 Å². The summed E-state index contributed by atoms with van der Waals surface area (Å²) in [6, 6.07) is 0.541. The third kappa shape index (κ3) is 1.35. The molecule has 2 aromatic heterocycles.